The lowest BCUT2D eigenvalue weighted by Crippen LogP contribution is -2.44. The molecule has 2 N–H and O–H groups in total. The molecular formula is C31H27FN4O5. The molecule has 1 aromatic carbocycles. The number of rotatable bonds is 4. The molecule has 0 saturated carbocycles. The van der Waals surface area contributed by atoms with E-state index >= 15 is 4.39 Å². The first-order valence-corrected chi connectivity index (χ1v) is 13.7. The van der Waals surface area contributed by atoms with Crippen LogP contribution in [0.25, 0.3) is 22.3 Å². The first kappa shape index (κ1) is 25.5. The smallest absolute Gasteiger partial charge is 0.343 e. The highest BCUT2D eigenvalue weighted by molar-refractivity contribution is 5.94. The third-order valence-corrected chi connectivity index (χ3v) is 8.83. The van der Waals surface area contributed by atoms with Crippen LogP contribution in [0.1, 0.15) is 64.8 Å². The van der Waals surface area contributed by atoms with E-state index in [1.807, 2.05) is 0 Å². The molecule has 0 radical (unpaired) electrons. The van der Waals surface area contributed by atoms with E-state index < -0.39 is 11.6 Å². The van der Waals surface area contributed by atoms with Crippen LogP contribution in [-0.4, -0.2) is 31.5 Å². The largest absolute Gasteiger partial charge is 0.458 e. The van der Waals surface area contributed by atoms with Crippen molar-refractivity contribution in [2.24, 2.45) is 0 Å². The van der Waals surface area contributed by atoms with Crippen molar-refractivity contribution in [1.29, 1.82) is 0 Å². The van der Waals surface area contributed by atoms with Gasteiger partial charge in [0.2, 0.25) is 5.91 Å². The van der Waals surface area contributed by atoms with Crippen molar-refractivity contribution in [3.63, 3.8) is 0 Å². The van der Waals surface area contributed by atoms with Crippen molar-refractivity contribution in [2.75, 3.05) is 0 Å². The summed E-state index contributed by atoms with van der Waals surface area (Å²) >= 11 is 0. The number of fused-ring (bicyclic) bond motifs is 5. The van der Waals surface area contributed by atoms with Crippen molar-refractivity contribution in [3.05, 3.63) is 91.8 Å². The van der Waals surface area contributed by atoms with Crippen molar-refractivity contribution in [1.82, 2.24) is 19.9 Å². The van der Waals surface area contributed by atoms with Crippen LogP contribution in [0.4, 0.5) is 4.39 Å². The number of cyclic esters (lactones) is 1. The maximum atomic E-state index is 15.1. The molecule has 41 heavy (non-hydrogen) atoms. The third kappa shape index (κ3) is 3.66. The van der Waals surface area contributed by atoms with Crippen molar-refractivity contribution in [3.8, 4) is 11.4 Å². The van der Waals surface area contributed by atoms with E-state index in [1.54, 1.807) is 49.0 Å². The van der Waals surface area contributed by atoms with Crippen molar-refractivity contribution < 1.29 is 23.8 Å². The fourth-order valence-electron chi connectivity index (χ4n) is 6.63. The summed E-state index contributed by atoms with van der Waals surface area (Å²) in [7, 11) is 0. The highest BCUT2D eigenvalue weighted by atomic mass is 19.1. The molecule has 0 bridgehead atoms. The van der Waals surface area contributed by atoms with Gasteiger partial charge in [-0.1, -0.05) is 6.92 Å². The Hall–Kier alpha value is -4.44. The average molecular weight is 555 g/mol. The number of ether oxygens (including phenoxy) is 1. The molecule has 208 valence electrons. The van der Waals surface area contributed by atoms with Gasteiger partial charge in [-0.15, -0.1) is 0 Å². The zero-order valence-electron chi connectivity index (χ0n) is 22.6. The molecule has 5 heterocycles. The molecule has 10 heteroatoms. The van der Waals surface area contributed by atoms with Gasteiger partial charge in [-0.3, -0.25) is 14.6 Å². The standard InChI is InChI=1S/C31H27FN4O5/c1-3-31(40)20-11-24-28-18(13-36(24)29(38)19(20)14-41-30(31)39)27-22(34-25(37)10-16-6-8-33-9-7-16)5-4-17-15(2)21(32)12-23(35-28)26(17)27/h6-9,11-12,22,40H,3-5,10,13-14H2,1-2H3,(H,34,37)/t22-,31-/m0/s1. The van der Waals surface area contributed by atoms with E-state index in [0.29, 0.717) is 35.3 Å². The highest BCUT2D eigenvalue weighted by Crippen LogP contribution is 2.45. The molecule has 1 amide bonds. The Morgan fingerprint density at radius 3 is 2.76 bits per heavy atom. The van der Waals surface area contributed by atoms with E-state index in [1.165, 1.54) is 6.07 Å². The maximum absolute atomic E-state index is 15.1. The van der Waals surface area contributed by atoms with Crippen LogP contribution in [-0.2, 0) is 45.9 Å². The van der Waals surface area contributed by atoms with Crippen LogP contribution in [0.15, 0.2) is 41.5 Å². The van der Waals surface area contributed by atoms with Crippen LogP contribution in [0, 0.1) is 12.7 Å². The number of nitrogens with one attached hydrogen (secondary N) is 1. The number of hydrogen-bond donors (Lipinski definition) is 2. The third-order valence-electron chi connectivity index (χ3n) is 8.83. The second-order valence-corrected chi connectivity index (χ2v) is 11.0. The Morgan fingerprint density at radius 2 is 2.00 bits per heavy atom. The van der Waals surface area contributed by atoms with Gasteiger partial charge in [0.05, 0.1) is 41.5 Å². The maximum Gasteiger partial charge on any atom is 0.343 e. The van der Waals surface area contributed by atoms with Crippen LogP contribution >= 0.6 is 0 Å². The second-order valence-electron chi connectivity index (χ2n) is 11.0. The quantitative estimate of drug-likeness (QED) is 0.327. The minimum atomic E-state index is -1.95. The minimum absolute atomic E-state index is 0.0322. The monoisotopic (exact) mass is 554 g/mol. The summed E-state index contributed by atoms with van der Waals surface area (Å²) in [6.07, 6.45) is 4.62. The van der Waals surface area contributed by atoms with Crippen molar-refractivity contribution >= 4 is 22.8 Å². The summed E-state index contributed by atoms with van der Waals surface area (Å²) in [6, 6.07) is 6.25. The van der Waals surface area contributed by atoms with Gasteiger partial charge in [-0.05, 0) is 66.6 Å². The molecule has 0 unspecified atom stereocenters. The molecule has 0 spiro atoms. The van der Waals surface area contributed by atoms with Gasteiger partial charge < -0.3 is 19.7 Å². The van der Waals surface area contributed by atoms with Gasteiger partial charge >= 0.3 is 5.97 Å². The molecule has 2 aliphatic heterocycles. The lowest BCUT2D eigenvalue weighted by molar-refractivity contribution is -0.172. The Kier molecular flexibility index (Phi) is 5.62. The first-order valence-electron chi connectivity index (χ1n) is 13.7. The zero-order valence-corrected chi connectivity index (χ0v) is 22.6. The number of esters is 1. The number of halogens is 1. The molecule has 4 aromatic rings. The minimum Gasteiger partial charge on any atom is -0.458 e. The number of aryl methyl sites for hydroxylation is 1. The summed E-state index contributed by atoms with van der Waals surface area (Å²) in [4.78, 5) is 48.3. The number of amides is 1. The van der Waals surface area contributed by atoms with Crippen molar-refractivity contribution in [2.45, 2.75) is 64.3 Å². The van der Waals surface area contributed by atoms with E-state index in [-0.39, 0.29) is 60.4 Å². The Morgan fingerprint density at radius 1 is 1.22 bits per heavy atom. The van der Waals surface area contributed by atoms with Crippen LogP contribution < -0.4 is 10.9 Å². The van der Waals surface area contributed by atoms with Crippen LogP contribution in [0.2, 0.25) is 0 Å². The number of hydrogen-bond acceptors (Lipinski definition) is 7. The van der Waals surface area contributed by atoms with E-state index in [2.05, 4.69) is 10.3 Å². The molecule has 3 aromatic heterocycles. The Balaban J connectivity index is 1.42. The predicted molar refractivity (Wildman–Crippen MR) is 146 cm³/mol. The number of aliphatic hydroxyl groups is 1. The summed E-state index contributed by atoms with van der Waals surface area (Å²) in [5, 5.41) is 15.2. The number of benzene rings is 1. The SMILES string of the molecule is CC[C@@]1(O)C(=O)OCc2c1cc1n(c2=O)Cc2c-1nc1cc(F)c(C)c3c1c2[C@@H](NC(=O)Cc1ccncc1)CC3. The van der Waals surface area contributed by atoms with Crippen LogP contribution in [0.5, 0.6) is 0 Å². The van der Waals surface area contributed by atoms with Gasteiger partial charge in [-0.25, -0.2) is 14.2 Å². The topological polar surface area (TPSA) is 123 Å². The van der Waals surface area contributed by atoms with Crippen LogP contribution in [0.3, 0.4) is 0 Å². The molecule has 9 nitrogen and oxygen atoms in total. The van der Waals surface area contributed by atoms with Gasteiger partial charge in [0.1, 0.15) is 12.4 Å². The normalized spacial score (nSPS) is 20.3. The van der Waals surface area contributed by atoms with Gasteiger partial charge in [0.15, 0.2) is 5.60 Å². The average Bonchev–Trinajstić information content (AvgIpc) is 3.33. The molecule has 2 atom stereocenters. The Labute approximate surface area is 234 Å². The molecule has 1 aliphatic carbocycles. The van der Waals surface area contributed by atoms with E-state index in [9.17, 15) is 19.5 Å². The number of carbonyl (C=O) groups is 2. The number of aromatic nitrogens is 3. The van der Waals surface area contributed by atoms with E-state index in [0.717, 1.165) is 27.6 Å². The summed E-state index contributed by atoms with van der Waals surface area (Å²) in [6.45, 7) is 3.37. The lowest BCUT2D eigenvalue weighted by atomic mass is 9.81. The van der Waals surface area contributed by atoms with Gasteiger partial charge in [0, 0.05) is 35.0 Å². The molecule has 3 aliphatic rings. The van der Waals surface area contributed by atoms with Gasteiger partial charge in [-0.2, -0.15) is 0 Å². The predicted octanol–water partition coefficient (Wildman–Crippen LogP) is 3.27. The molecule has 7 rings (SSSR count). The zero-order chi connectivity index (χ0) is 28.6. The molecular weight excluding hydrogens is 527 g/mol. The van der Waals surface area contributed by atoms with E-state index in [4.69, 9.17) is 9.72 Å². The fourth-order valence-corrected chi connectivity index (χ4v) is 6.63. The fraction of sp³-hybridized carbons (Fsp3) is 0.323. The number of pyridine rings is 3. The highest BCUT2D eigenvalue weighted by Gasteiger charge is 2.46. The van der Waals surface area contributed by atoms with Gasteiger partial charge in [0.25, 0.3) is 5.56 Å². The summed E-state index contributed by atoms with van der Waals surface area (Å²) < 4.78 is 21.8. The molecule has 0 fully saturated rings. The second kappa shape index (κ2) is 9.04. The Bertz CT molecular complexity index is 1870. The number of carbonyl (C=O) groups excluding carboxylic acids is 2. The lowest BCUT2D eigenvalue weighted by Gasteiger charge is -2.31. The summed E-state index contributed by atoms with van der Waals surface area (Å²) in [5.41, 5.74) is 3.33. The number of nitrogens with zero attached hydrogens (tertiary/aromatic N) is 3. The first-order chi connectivity index (χ1) is 19.7. The molecule has 0 saturated heterocycles. The summed E-state index contributed by atoms with van der Waals surface area (Å²) in [5.74, 6) is -1.32.